The van der Waals surface area contributed by atoms with E-state index in [9.17, 15) is 14.4 Å². The van der Waals surface area contributed by atoms with Gasteiger partial charge in [0.2, 0.25) is 0 Å². The molecule has 2 heterocycles. The summed E-state index contributed by atoms with van der Waals surface area (Å²) in [4.78, 5) is 37.7. The van der Waals surface area contributed by atoms with Crippen LogP contribution in [-0.2, 0) is 4.79 Å². The van der Waals surface area contributed by atoms with Crippen LogP contribution in [0.25, 0.3) is 0 Å². The number of Topliss-reactive ketones (excluding diaryl/α,β-unsaturated/α-hetero) is 2. The average Bonchev–Trinajstić information content (AvgIpc) is 3.03. The lowest BCUT2D eigenvalue weighted by molar-refractivity contribution is -0.114. The van der Waals surface area contributed by atoms with Gasteiger partial charge >= 0.3 is 0 Å². The highest BCUT2D eigenvalue weighted by Crippen LogP contribution is 2.31. The first-order valence-corrected chi connectivity index (χ1v) is 7.06. The van der Waals surface area contributed by atoms with Crippen LogP contribution in [0.5, 0.6) is 0 Å². The van der Waals surface area contributed by atoms with Gasteiger partial charge in [-0.1, -0.05) is 17.7 Å². The van der Waals surface area contributed by atoms with Crippen molar-refractivity contribution >= 4 is 46.1 Å². The molecule has 1 aromatic heterocycles. The highest BCUT2D eigenvalue weighted by molar-refractivity contribution is 7.12. The Hall–Kier alpha value is -1.98. The molecule has 0 saturated carbocycles. The van der Waals surface area contributed by atoms with E-state index in [0.717, 1.165) is 0 Å². The Morgan fingerprint density at radius 3 is 2.75 bits per heavy atom. The smallest absolute Gasteiger partial charge is 0.297 e. The zero-order valence-corrected chi connectivity index (χ0v) is 11.7. The van der Waals surface area contributed by atoms with Crippen molar-refractivity contribution in [2.24, 2.45) is 0 Å². The largest absolute Gasteiger partial charge is 0.299 e. The van der Waals surface area contributed by atoms with E-state index in [-0.39, 0.29) is 17.9 Å². The monoisotopic (exact) mass is 305 g/mol. The fourth-order valence-electron chi connectivity index (χ4n) is 2.09. The van der Waals surface area contributed by atoms with Crippen molar-refractivity contribution < 1.29 is 14.4 Å². The van der Waals surface area contributed by atoms with Crippen LogP contribution < -0.4 is 4.90 Å². The van der Waals surface area contributed by atoms with Gasteiger partial charge < -0.3 is 0 Å². The number of carbonyl (C=O) groups excluding carboxylic acids is 3. The minimum atomic E-state index is -0.688. The van der Waals surface area contributed by atoms with Gasteiger partial charge in [0.15, 0.2) is 5.78 Å². The third-order valence-electron chi connectivity index (χ3n) is 3.03. The minimum Gasteiger partial charge on any atom is -0.297 e. The van der Waals surface area contributed by atoms with Crippen LogP contribution in [0.4, 0.5) is 5.69 Å². The Balaban J connectivity index is 1.94. The van der Waals surface area contributed by atoms with Gasteiger partial charge in [-0.05, 0) is 29.6 Å². The molecule has 1 aromatic carbocycles. The van der Waals surface area contributed by atoms with E-state index in [1.165, 1.54) is 22.3 Å². The summed E-state index contributed by atoms with van der Waals surface area (Å²) in [7, 11) is 0. The third-order valence-corrected chi connectivity index (χ3v) is 4.18. The third kappa shape index (κ3) is 2.05. The maximum absolute atomic E-state index is 12.1. The molecule has 0 spiro atoms. The highest BCUT2D eigenvalue weighted by atomic mass is 35.5. The molecule has 0 fully saturated rings. The summed E-state index contributed by atoms with van der Waals surface area (Å²) >= 11 is 7.13. The second kappa shape index (κ2) is 4.85. The summed E-state index contributed by atoms with van der Waals surface area (Å²) in [6.45, 7) is -0.139. The van der Waals surface area contributed by atoms with Gasteiger partial charge in [-0.3, -0.25) is 19.3 Å². The Morgan fingerprint density at radius 2 is 2.05 bits per heavy atom. The number of benzene rings is 1. The van der Waals surface area contributed by atoms with E-state index in [2.05, 4.69) is 0 Å². The maximum Gasteiger partial charge on any atom is 0.299 e. The molecular formula is C14H8ClNO3S. The van der Waals surface area contributed by atoms with Gasteiger partial charge in [-0.25, -0.2) is 0 Å². The van der Waals surface area contributed by atoms with E-state index >= 15 is 0 Å². The summed E-state index contributed by atoms with van der Waals surface area (Å²) in [5, 5.41) is 2.18. The Kier molecular flexibility index (Phi) is 3.16. The molecule has 100 valence electrons. The van der Waals surface area contributed by atoms with E-state index in [4.69, 9.17) is 11.6 Å². The van der Waals surface area contributed by atoms with Crippen LogP contribution in [0.15, 0.2) is 35.7 Å². The normalized spacial score (nSPS) is 13.8. The first-order chi connectivity index (χ1) is 9.58. The number of ketones is 2. The summed E-state index contributed by atoms with van der Waals surface area (Å²) in [6, 6.07) is 8.09. The lowest BCUT2D eigenvalue weighted by Gasteiger charge is -2.14. The van der Waals surface area contributed by atoms with Gasteiger partial charge in [-0.15, -0.1) is 11.3 Å². The quantitative estimate of drug-likeness (QED) is 0.647. The Labute approximate surface area is 123 Å². The molecule has 0 atom stereocenters. The number of fused-ring (bicyclic) bond motifs is 1. The molecule has 6 heteroatoms. The fraction of sp³-hybridized carbons (Fsp3) is 0.0714. The number of anilines is 1. The molecule has 20 heavy (non-hydrogen) atoms. The number of hydrogen-bond acceptors (Lipinski definition) is 4. The average molecular weight is 306 g/mol. The first kappa shape index (κ1) is 13.0. The van der Waals surface area contributed by atoms with Crippen molar-refractivity contribution in [2.45, 2.75) is 0 Å². The van der Waals surface area contributed by atoms with Gasteiger partial charge in [-0.2, -0.15) is 0 Å². The minimum absolute atomic E-state index is 0.139. The van der Waals surface area contributed by atoms with Crippen LogP contribution >= 0.6 is 22.9 Å². The van der Waals surface area contributed by atoms with E-state index in [1.807, 2.05) is 0 Å². The Bertz CT molecular complexity index is 724. The molecule has 1 amide bonds. The van der Waals surface area contributed by atoms with E-state index < -0.39 is 11.7 Å². The predicted octanol–water partition coefficient (Wildman–Crippen LogP) is 2.81. The van der Waals surface area contributed by atoms with Gasteiger partial charge in [0.1, 0.15) is 0 Å². The lowest BCUT2D eigenvalue weighted by Crippen LogP contribution is -2.34. The molecule has 4 nitrogen and oxygen atoms in total. The summed E-state index contributed by atoms with van der Waals surface area (Å²) in [5.74, 6) is -1.50. The second-order valence-corrected chi connectivity index (χ2v) is 5.67. The van der Waals surface area contributed by atoms with Gasteiger partial charge in [0, 0.05) is 5.02 Å². The molecule has 0 N–H and O–H groups in total. The molecule has 1 aliphatic heterocycles. The number of hydrogen-bond donors (Lipinski definition) is 0. The molecular weight excluding hydrogens is 298 g/mol. The zero-order chi connectivity index (χ0) is 14.3. The second-order valence-electron chi connectivity index (χ2n) is 4.28. The molecule has 0 aliphatic carbocycles. The summed E-state index contributed by atoms with van der Waals surface area (Å²) in [6.07, 6.45) is 0. The van der Waals surface area contributed by atoms with Crippen LogP contribution in [0.2, 0.25) is 5.02 Å². The topological polar surface area (TPSA) is 54.5 Å². The van der Waals surface area contributed by atoms with E-state index in [0.29, 0.717) is 15.6 Å². The SMILES string of the molecule is O=C(CN1C(=O)C(=O)c2cc(Cl)ccc21)c1cccs1. The standard InChI is InChI=1S/C14H8ClNO3S/c15-8-3-4-10-9(6-8)13(18)14(19)16(10)7-11(17)12-2-1-5-20-12/h1-6H,7H2. The molecule has 0 bridgehead atoms. The maximum atomic E-state index is 12.1. The van der Waals surface area contributed by atoms with Crippen molar-refractivity contribution in [2.75, 3.05) is 11.4 Å². The van der Waals surface area contributed by atoms with Crippen LogP contribution in [-0.4, -0.2) is 24.0 Å². The van der Waals surface area contributed by atoms with Crippen molar-refractivity contribution in [1.82, 2.24) is 0 Å². The number of amides is 1. The van der Waals surface area contributed by atoms with Crippen molar-refractivity contribution in [3.63, 3.8) is 0 Å². The van der Waals surface area contributed by atoms with Crippen molar-refractivity contribution in [3.05, 3.63) is 51.2 Å². The lowest BCUT2D eigenvalue weighted by atomic mass is 10.1. The zero-order valence-electron chi connectivity index (χ0n) is 10.1. The van der Waals surface area contributed by atoms with E-state index in [1.54, 1.807) is 29.6 Å². The summed E-state index contributed by atoms with van der Waals surface area (Å²) < 4.78 is 0. The van der Waals surface area contributed by atoms with Crippen LogP contribution in [0.3, 0.4) is 0 Å². The molecule has 1 aliphatic rings. The molecule has 0 radical (unpaired) electrons. The first-order valence-electron chi connectivity index (χ1n) is 5.80. The Morgan fingerprint density at radius 1 is 1.25 bits per heavy atom. The number of carbonyl (C=O) groups is 3. The molecule has 0 unspecified atom stereocenters. The molecule has 2 aromatic rings. The van der Waals surface area contributed by atoms with Gasteiger partial charge in [0.05, 0.1) is 22.7 Å². The van der Waals surface area contributed by atoms with Crippen LogP contribution in [0, 0.1) is 0 Å². The highest BCUT2D eigenvalue weighted by Gasteiger charge is 2.37. The number of nitrogens with zero attached hydrogens (tertiary/aromatic N) is 1. The number of rotatable bonds is 3. The summed E-state index contributed by atoms with van der Waals surface area (Å²) in [5.41, 5.74) is 0.691. The molecule has 3 rings (SSSR count). The fourth-order valence-corrected chi connectivity index (χ4v) is 2.92. The van der Waals surface area contributed by atoms with Crippen LogP contribution in [0.1, 0.15) is 20.0 Å². The molecule has 0 saturated heterocycles. The number of thiophene rings is 1. The predicted molar refractivity (Wildman–Crippen MR) is 76.8 cm³/mol. The van der Waals surface area contributed by atoms with Crippen molar-refractivity contribution in [3.8, 4) is 0 Å². The van der Waals surface area contributed by atoms with Gasteiger partial charge in [0.25, 0.3) is 11.7 Å². The van der Waals surface area contributed by atoms with Crippen molar-refractivity contribution in [1.29, 1.82) is 0 Å². The number of halogens is 1.